The molecule has 0 bridgehead atoms. The van der Waals surface area contributed by atoms with Gasteiger partial charge in [0.1, 0.15) is 5.82 Å². The Kier molecular flexibility index (Phi) is 3.47. The Labute approximate surface area is 110 Å². The number of H-pyrrole nitrogens is 1. The van der Waals surface area contributed by atoms with Gasteiger partial charge in [-0.3, -0.25) is 9.89 Å². The van der Waals surface area contributed by atoms with Gasteiger partial charge in [0, 0.05) is 11.9 Å². The lowest BCUT2D eigenvalue weighted by Crippen LogP contribution is -2.26. The molecule has 2 aromatic heterocycles. The van der Waals surface area contributed by atoms with Crippen molar-refractivity contribution in [2.45, 2.75) is 27.3 Å². The molecule has 0 atom stereocenters. The van der Waals surface area contributed by atoms with Crippen molar-refractivity contribution in [3.8, 4) is 0 Å². The average molecular weight is 264 g/mol. The number of carbonyl (C=O) groups is 1. The second-order valence-corrected chi connectivity index (χ2v) is 5.60. The third kappa shape index (κ3) is 2.59. The van der Waals surface area contributed by atoms with Crippen molar-refractivity contribution in [2.24, 2.45) is 0 Å². The Balaban J connectivity index is 2.09. The molecule has 0 fully saturated rings. The van der Waals surface area contributed by atoms with Crippen molar-refractivity contribution in [3.05, 3.63) is 33.0 Å². The van der Waals surface area contributed by atoms with Crippen LogP contribution in [-0.4, -0.2) is 33.0 Å². The number of nitrogens with zero attached hydrogens (tertiary/aromatic N) is 3. The summed E-state index contributed by atoms with van der Waals surface area (Å²) in [5.41, 5.74) is 1.16. The molecule has 0 saturated heterocycles. The van der Waals surface area contributed by atoms with Crippen molar-refractivity contribution in [1.29, 1.82) is 0 Å². The highest BCUT2D eigenvalue weighted by Gasteiger charge is 2.16. The summed E-state index contributed by atoms with van der Waals surface area (Å²) < 4.78 is 0. The number of nitrogens with one attached hydrogen (secondary N) is 1. The topological polar surface area (TPSA) is 61.9 Å². The molecule has 0 aliphatic heterocycles. The number of amides is 1. The van der Waals surface area contributed by atoms with E-state index in [4.69, 9.17) is 0 Å². The fourth-order valence-electron chi connectivity index (χ4n) is 1.61. The van der Waals surface area contributed by atoms with Crippen LogP contribution >= 0.6 is 11.3 Å². The fourth-order valence-corrected chi connectivity index (χ4v) is 2.64. The zero-order valence-electron chi connectivity index (χ0n) is 10.9. The molecule has 0 aliphatic carbocycles. The number of hydrogen-bond donors (Lipinski definition) is 1. The number of thiophene rings is 1. The third-order valence-corrected chi connectivity index (χ3v) is 3.89. The van der Waals surface area contributed by atoms with Crippen LogP contribution in [0.3, 0.4) is 0 Å². The summed E-state index contributed by atoms with van der Waals surface area (Å²) in [6.45, 7) is 6.29. The van der Waals surface area contributed by atoms with E-state index in [0.29, 0.717) is 12.4 Å². The molecule has 96 valence electrons. The maximum atomic E-state index is 12.2. The summed E-state index contributed by atoms with van der Waals surface area (Å²) >= 11 is 1.53. The van der Waals surface area contributed by atoms with Gasteiger partial charge in [-0.05, 0) is 32.4 Å². The first-order valence-corrected chi connectivity index (χ1v) is 6.49. The van der Waals surface area contributed by atoms with E-state index in [1.807, 2.05) is 26.8 Å². The molecule has 6 heteroatoms. The molecule has 0 unspecified atom stereocenters. The predicted molar refractivity (Wildman–Crippen MR) is 70.7 cm³/mol. The lowest BCUT2D eigenvalue weighted by Gasteiger charge is -2.13. The van der Waals surface area contributed by atoms with Gasteiger partial charge in [0.2, 0.25) is 0 Å². The number of aromatic amines is 1. The minimum absolute atomic E-state index is 0.0126. The van der Waals surface area contributed by atoms with Gasteiger partial charge in [0.15, 0.2) is 5.82 Å². The SMILES string of the molecule is Cc1nc(CN(C)C(=O)c2cc(C)c(C)s2)n[nH]1. The van der Waals surface area contributed by atoms with Crippen LogP contribution < -0.4 is 0 Å². The number of carbonyl (C=O) groups excluding carboxylic acids is 1. The third-order valence-electron chi connectivity index (χ3n) is 2.75. The molecular weight excluding hydrogens is 248 g/mol. The summed E-state index contributed by atoms with van der Waals surface area (Å²) in [5.74, 6) is 1.40. The Hall–Kier alpha value is -1.69. The van der Waals surface area contributed by atoms with Gasteiger partial charge < -0.3 is 4.90 Å². The number of aryl methyl sites for hydroxylation is 3. The summed E-state index contributed by atoms with van der Waals surface area (Å²) in [5, 5.41) is 6.80. The van der Waals surface area contributed by atoms with E-state index in [2.05, 4.69) is 15.2 Å². The smallest absolute Gasteiger partial charge is 0.264 e. The Morgan fingerprint density at radius 2 is 2.17 bits per heavy atom. The summed E-state index contributed by atoms with van der Waals surface area (Å²) in [6, 6.07) is 1.93. The minimum atomic E-state index is 0.0126. The Bertz CT molecular complexity index is 553. The van der Waals surface area contributed by atoms with Gasteiger partial charge in [-0.1, -0.05) is 0 Å². The van der Waals surface area contributed by atoms with Crippen molar-refractivity contribution in [2.75, 3.05) is 7.05 Å². The molecule has 1 amide bonds. The Morgan fingerprint density at radius 1 is 1.44 bits per heavy atom. The first-order valence-electron chi connectivity index (χ1n) is 5.67. The maximum absolute atomic E-state index is 12.2. The van der Waals surface area contributed by atoms with Gasteiger partial charge >= 0.3 is 0 Å². The van der Waals surface area contributed by atoms with E-state index in [1.54, 1.807) is 11.9 Å². The minimum Gasteiger partial charge on any atom is -0.333 e. The molecule has 2 rings (SSSR count). The van der Waals surface area contributed by atoms with Crippen LogP contribution in [0.5, 0.6) is 0 Å². The fraction of sp³-hybridized carbons (Fsp3) is 0.417. The van der Waals surface area contributed by atoms with Crippen LogP contribution in [0, 0.1) is 20.8 Å². The molecule has 0 saturated carbocycles. The number of aromatic nitrogens is 3. The van der Waals surface area contributed by atoms with E-state index in [-0.39, 0.29) is 5.91 Å². The Morgan fingerprint density at radius 3 is 2.67 bits per heavy atom. The first-order chi connectivity index (χ1) is 8.47. The highest BCUT2D eigenvalue weighted by Crippen LogP contribution is 2.22. The molecule has 0 radical (unpaired) electrons. The monoisotopic (exact) mass is 264 g/mol. The molecular formula is C12H16N4OS. The number of rotatable bonds is 3. The maximum Gasteiger partial charge on any atom is 0.264 e. The molecule has 1 N–H and O–H groups in total. The zero-order valence-corrected chi connectivity index (χ0v) is 11.8. The van der Waals surface area contributed by atoms with Gasteiger partial charge in [-0.15, -0.1) is 11.3 Å². The second kappa shape index (κ2) is 4.89. The average Bonchev–Trinajstić information content (AvgIpc) is 2.85. The van der Waals surface area contributed by atoms with Crippen molar-refractivity contribution in [1.82, 2.24) is 20.1 Å². The summed E-state index contributed by atoms with van der Waals surface area (Å²) in [4.78, 5) is 20.0. The van der Waals surface area contributed by atoms with Crippen LogP contribution in [0.4, 0.5) is 0 Å². The van der Waals surface area contributed by atoms with Crippen molar-refractivity contribution < 1.29 is 4.79 Å². The predicted octanol–water partition coefficient (Wildman–Crippen LogP) is 2.06. The van der Waals surface area contributed by atoms with Gasteiger partial charge in [0.25, 0.3) is 5.91 Å². The van der Waals surface area contributed by atoms with Gasteiger partial charge in [-0.25, -0.2) is 4.98 Å². The molecule has 0 spiro atoms. The van der Waals surface area contributed by atoms with Crippen LogP contribution in [0.25, 0.3) is 0 Å². The lowest BCUT2D eigenvalue weighted by atomic mass is 10.3. The van der Waals surface area contributed by atoms with E-state index in [0.717, 1.165) is 16.3 Å². The van der Waals surface area contributed by atoms with E-state index in [1.165, 1.54) is 16.2 Å². The zero-order chi connectivity index (χ0) is 13.3. The number of hydrogen-bond acceptors (Lipinski definition) is 4. The molecule has 0 aliphatic rings. The summed E-state index contributed by atoms with van der Waals surface area (Å²) in [6.07, 6.45) is 0. The quantitative estimate of drug-likeness (QED) is 0.923. The second-order valence-electron chi connectivity index (χ2n) is 4.35. The molecule has 5 nitrogen and oxygen atoms in total. The highest BCUT2D eigenvalue weighted by molar-refractivity contribution is 7.14. The molecule has 18 heavy (non-hydrogen) atoms. The standard InChI is InChI=1S/C12H16N4OS/c1-7-5-10(18-8(7)2)12(17)16(4)6-11-13-9(3)14-15-11/h5H,6H2,1-4H3,(H,13,14,15). The van der Waals surface area contributed by atoms with E-state index in [9.17, 15) is 4.79 Å². The lowest BCUT2D eigenvalue weighted by molar-refractivity contribution is 0.0786. The van der Waals surface area contributed by atoms with Crippen LogP contribution in [0.1, 0.15) is 31.8 Å². The highest BCUT2D eigenvalue weighted by atomic mass is 32.1. The normalized spacial score (nSPS) is 10.7. The van der Waals surface area contributed by atoms with Crippen LogP contribution in [-0.2, 0) is 6.54 Å². The van der Waals surface area contributed by atoms with Crippen molar-refractivity contribution in [3.63, 3.8) is 0 Å². The molecule has 2 heterocycles. The van der Waals surface area contributed by atoms with Gasteiger partial charge in [-0.2, -0.15) is 5.10 Å². The first kappa shape index (κ1) is 12.8. The van der Waals surface area contributed by atoms with Crippen LogP contribution in [0.2, 0.25) is 0 Å². The summed E-state index contributed by atoms with van der Waals surface area (Å²) in [7, 11) is 1.76. The van der Waals surface area contributed by atoms with E-state index < -0.39 is 0 Å². The van der Waals surface area contributed by atoms with E-state index >= 15 is 0 Å². The van der Waals surface area contributed by atoms with Gasteiger partial charge in [0.05, 0.1) is 11.4 Å². The largest absolute Gasteiger partial charge is 0.333 e. The van der Waals surface area contributed by atoms with Crippen molar-refractivity contribution >= 4 is 17.2 Å². The van der Waals surface area contributed by atoms with Crippen LogP contribution in [0.15, 0.2) is 6.07 Å². The molecule has 2 aromatic rings. The molecule has 0 aromatic carbocycles.